The van der Waals surface area contributed by atoms with Crippen molar-refractivity contribution in [2.24, 2.45) is 0 Å². The molecule has 0 aliphatic carbocycles. The van der Waals surface area contributed by atoms with E-state index in [0.717, 1.165) is 18.2 Å². The molecular formula is C11H8F2N2. The lowest BCUT2D eigenvalue weighted by atomic mass is 10.3. The maximum atomic E-state index is 13.2. The minimum atomic E-state index is -0.492. The standard InChI is InChI=1S/C11H8F2N2/c12-8-1-2-10(13)11(7-8)15-9-3-5-14-6-4-9/h1-7H,(H,14,15). The summed E-state index contributed by atoms with van der Waals surface area (Å²) in [5, 5.41) is 2.76. The van der Waals surface area contributed by atoms with Gasteiger partial charge in [0.2, 0.25) is 0 Å². The summed E-state index contributed by atoms with van der Waals surface area (Å²) in [6, 6.07) is 6.61. The molecule has 2 aromatic rings. The first-order valence-electron chi connectivity index (χ1n) is 4.38. The average molecular weight is 206 g/mol. The van der Waals surface area contributed by atoms with E-state index in [0.29, 0.717) is 5.69 Å². The zero-order valence-electron chi connectivity index (χ0n) is 7.74. The third-order valence-electron chi connectivity index (χ3n) is 1.89. The second-order valence-corrected chi connectivity index (χ2v) is 2.99. The molecule has 0 spiro atoms. The third-order valence-corrected chi connectivity index (χ3v) is 1.89. The van der Waals surface area contributed by atoms with Crippen molar-refractivity contribution in [1.29, 1.82) is 0 Å². The molecule has 0 fully saturated rings. The maximum Gasteiger partial charge on any atom is 0.146 e. The predicted molar refractivity (Wildman–Crippen MR) is 53.9 cm³/mol. The summed E-state index contributed by atoms with van der Waals surface area (Å²) in [4.78, 5) is 3.82. The van der Waals surface area contributed by atoms with Crippen LogP contribution in [0.1, 0.15) is 0 Å². The zero-order chi connectivity index (χ0) is 10.7. The number of pyridine rings is 1. The molecule has 0 aliphatic heterocycles. The Kier molecular flexibility index (Phi) is 2.58. The predicted octanol–water partition coefficient (Wildman–Crippen LogP) is 3.10. The number of rotatable bonds is 2. The summed E-state index contributed by atoms with van der Waals surface area (Å²) in [5.74, 6) is -0.971. The van der Waals surface area contributed by atoms with E-state index in [1.807, 2.05) is 0 Å². The molecule has 1 aromatic carbocycles. The Labute approximate surface area is 85.6 Å². The van der Waals surface area contributed by atoms with E-state index in [9.17, 15) is 8.78 Å². The van der Waals surface area contributed by atoms with Crippen molar-refractivity contribution in [3.8, 4) is 0 Å². The van der Waals surface area contributed by atoms with Gasteiger partial charge in [0.15, 0.2) is 0 Å². The first-order chi connectivity index (χ1) is 7.25. The van der Waals surface area contributed by atoms with E-state index in [1.54, 1.807) is 24.5 Å². The van der Waals surface area contributed by atoms with Gasteiger partial charge in [-0.1, -0.05) is 0 Å². The van der Waals surface area contributed by atoms with Gasteiger partial charge in [-0.3, -0.25) is 4.98 Å². The Hall–Kier alpha value is -1.97. The average Bonchev–Trinajstić information content (AvgIpc) is 2.25. The molecule has 2 nitrogen and oxygen atoms in total. The Morgan fingerprint density at radius 1 is 1.00 bits per heavy atom. The fourth-order valence-corrected chi connectivity index (χ4v) is 1.18. The van der Waals surface area contributed by atoms with E-state index < -0.39 is 11.6 Å². The van der Waals surface area contributed by atoms with Crippen LogP contribution in [0.25, 0.3) is 0 Å². The van der Waals surface area contributed by atoms with Gasteiger partial charge in [0, 0.05) is 24.1 Å². The van der Waals surface area contributed by atoms with Gasteiger partial charge in [-0.05, 0) is 24.3 Å². The summed E-state index contributed by atoms with van der Waals surface area (Å²) >= 11 is 0. The lowest BCUT2D eigenvalue weighted by Crippen LogP contribution is -1.94. The van der Waals surface area contributed by atoms with Crippen LogP contribution < -0.4 is 5.32 Å². The van der Waals surface area contributed by atoms with Crippen LogP contribution in [0.5, 0.6) is 0 Å². The number of nitrogens with one attached hydrogen (secondary N) is 1. The first-order valence-corrected chi connectivity index (χ1v) is 4.38. The number of halogens is 2. The van der Waals surface area contributed by atoms with Crippen LogP contribution in [-0.2, 0) is 0 Å². The van der Waals surface area contributed by atoms with Crippen molar-refractivity contribution >= 4 is 11.4 Å². The van der Waals surface area contributed by atoms with Gasteiger partial charge in [-0.15, -0.1) is 0 Å². The highest BCUT2D eigenvalue weighted by molar-refractivity contribution is 5.59. The summed E-state index contributed by atoms with van der Waals surface area (Å²) in [6.07, 6.45) is 3.14. The van der Waals surface area contributed by atoms with E-state index >= 15 is 0 Å². The fraction of sp³-hybridized carbons (Fsp3) is 0. The van der Waals surface area contributed by atoms with Gasteiger partial charge in [-0.2, -0.15) is 0 Å². The molecule has 76 valence electrons. The molecule has 0 amide bonds. The fourth-order valence-electron chi connectivity index (χ4n) is 1.18. The molecular weight excluding hydrogens is 198 g/mol. The van der Waals surface area contributed by atoms with Crippen LogP contribution >= 0.6 is 0 Å². The Bertz CT molecular complexity index is 457. The molecule has 1 aromatic heterocycles. The second-order valence-electron chi connectivity index (χ2n) is 2.99. The minimum Gasteiger partial charge on any atom is -0.353 e. The number of hydrogen-bond donors (Lipinski definition) is 1. The second kappa shape index (κ2) is 4.04. The van der Waals surface area contributed by atoms with Crippen LogP contribution in [0.3, 0.4) is 0 Å². The number of hydrogen-bond acceptors (Lipinski definition) is 2. The smallest absolute Gasteiger partial charge is 0.146 e. The molecule has 2 rings (SSSR count). The molecule has 4 heteroatoms. The van der Waals surface area contributed by atoms with Crippen molar-refractivity contribution in [2.45, 2.75) is 0 Å². The van der Waals surface area contributed by atoms with Crippen LogP contribution in [0.15, 0.2) is 42.7 Å². The quantitative estimate of drug-likeness (QED) is 0.816. The molecule has 0 atom stereocenters. The van der Waals surface area contributed by atoms with Gasteiger partial charge >= 0.3 is 0 Å². The van der Waals surface area contributed by atoms with Crippen molar-refractivity contribution in [3.05, 3.63) is 54.4 Å². The summed E-state index contributed by atoms with van der Waals surface area (Å²) in [7, 11) is 0. The van der Waals surface area contributed by atoms with Crippen LogP contribution in [0.4, 0.5) is 20.2 Å². The molecule has 1 N–H and O–H groups in total. The first kappa shape index (κ1) is 9.58. The number of aromatic nitrogens is 1. The molecule has 0 radical (unpaired) electrons. The van der Waals surface area contributed by atoms with Crippen molar-refractivity contribution < 1.29 is 8.78 Å². The third kappa shape index (κ3) is 2.28. The lowest BCUT2D eigenvalue weighted by molar-refractivity contribution is 0.603. The maximum absolute atomic E-state index is 13.2. The van der Waals surface area contributed by atoms with Gasteiger partial charge in [0.05, 0.1) is 5.69 Å². The molecule has 0 saturated carbocycles. The van der Waals surface area contributed by atoms with Gasteiger partial charge in [0.25, 0.3) is 0 Å². The molecule has 0 aliphatic rings. The Morgan fingerprint density at radius 3 is 2.47 bits per heavy atom. The lowest BCUT2D eigenvalue weighted by Gasteiger charge is -2.06. The highest BCUT2D eigenvalue weighted by Crippen LogP contribution is 2.19. The highest BCUT2D eigenvalue weighted by atomic mass is 19.1. The van der Waals surface area contributed by atoms with Gasteiger partial charge in [-0.25, -0.2) is 8.78 Å². The molecule has 0 saturated heterocycles. The minimum absolute atomic E-state index is 0.112. The number of benzene rings is 1. The number of nitrogens with zero attached hydrogens (tertiary/aromatic N) is 1. The molecule has 0 bridgehead atoms. The zero-order valence-corrected chi connectivity index (χ0v) is 7.74. The van der Waals surface area contributed by atoms with E-state index in [2.05, 4.69) is 10.3 Å². The van der Waals surface area contributed by atoms with Gasteiger partial charge < -0.3 is 5.32 Å². The summed E-state index contributed by atoms with van der Waals surface area (Å²) in [5.41, 5.74) is 0.774. The van der Waals surface area contributed by atoms with Gasteiger partial charge in [0.1, 0.15) is 11.6 Å². The van der Waals surface area contributed by atoms with Crippen LogP contribution in [-0.4, -0.2) is 4.98 Å². The molecule has 1 heterocycles. The van der Waals surface area contributed by atoms with E-state index in [1.165, 1.54) is 0 Å². The van der Waals surface area contributed by atoms with Crippen LogP contribution in [0, 0.1) is 11.6 Å². The largest absolute Gasteiger partial charge is 0.353 e. The van der Waals surface area contributed by atoms with E-state index in [-0.39, 0.29) is 5.69 Å². The van der Waals surface area contributed by atoms with Crippen molar-refractivity contribution in [2.75, 3.05) is 5.32 Å². The number of anilines is 2. The van der Waals surface area contributed by atoms with Crippen molar-refractivity contribution in [3.63, 3.8) is 0 Å². The highest BCUT2D eigenvalue weighted by Gasteiger charge is 2.03. The molecule has 0 unspecified atom stereocenters. The van der Waals surface area contributed by atoms with E-state index in [4.69, 9.17) is 0 Å². The molecule has 15 heavy (non-hydrogen) atoms. The van der Waals surface area contributed by atoms with Crippen molar-refractivity contribution in [1.82, 2.24) is 4.98 Å². The normalized spacial score (nSPS) is 10.0. The SMILES string of the molecule is Fc1ccc(F)c(Nc2ccncc2)c1. The monoisotopic (exact) mass is 206 g/mol. The Morgan fingerprint density at radius 2 is 1.73 bits per heavy atom. The Balaban J connectivity index is 2.28. The summed E-state index contributed by atoms with van der Waals surface area (Å²) in [6.45, 7) is 0. The topological polar surface area (TPSA) is 24.9 Å². The van der Waals surface area contributed by atoms with Crippen LogP contribution in [0.2, 0.25) is 0 Å². The summed E-state index contributed by atoms with van der Waals surface area (Å²) < 4.78 is 26.0.